The van der Waals surface area contributed by atoms with E-state index < -0.39 is 11.9 Å². The van der Waals surface area contributed by atoms with Crippen LogP contribution in [0.5, 0.6) is 0 Å². The molecule has 1 aliphatic carbocycles. The number of carbonyl (C=O) groups excluding carboxylic acids is 2. The number of hydrogen-bond acceptors (Lipinski definition) is 3. The van der Waals surface area contributed by atoms with Crippen molar-refractivity contribution < 1.29 is 9.59 Å². The molecule has 0 saturated heterocycles. The molecule has 0 aromatic heterocycles. The molecule has 1 fully saturated rings. The van der Waals surface area contributed by atoms with Crippen LogP contribution in [0, 0.1) is 5.92 Å². The minimum atomic E-state index is -0.815. The molecule has 0 aromatic rings. The highest BCUT2D eigenvalue weighted by Gasteiger charge is 2.26. The van der Waals surface area contributed by atoms with Crippen LogP contribution in [-0.4, -0.2) is 23.9 Å². The van der Waals surface area contributed by atoms with Crippen molar-refractivity contribution in [3.05, 3.63) is 0 Å². The summed E-state index contributed by atoms with van der Waals surface area (Å²) >= 11 is 0. The van der Waals surface area contributed by atoms with Gasteiger partial charge in [0, 0.05) is 6.04 Å². The van der Waals surface area contributed by atoms with Gasteiger partial charge in [-0.25, -0.2) is 0 Å². The molecule has 1 aliphatic rings. The SMILES string of the molecule is CC(NC(=O)C(N)CC(N)=O)C1CCC1. The highest BCUT2D eigenvalue weighted by Crippen LogP contribution is 2.29. The number of nitrogens with two attached hydrogens (primary N) is 2. The molecule has 0 bridgehead atoms. The fourth-order valence-electron chi connectivity index (χ4n) is 1.70. The second-order valence-electron chi connectivity index (χ2n) is 4.27. The van der Waals surface area contributed by atoms with Gasteiger partial charge in [0.1, 0.15) is 0 Å². The van der Waals surface area contributed by atoms with E-state index in [4.69, 9.17) is 11.5 Å². The zero-order chi connectivity index (χ0) is 11.4. The molecule has 0 aromatic carbocycles. The van der Waals surface area contributed by atoms with Gasteiger partial charge in [0.15, 0.2) is 0 Å². The third-order valence-corrected chi connectivity index (χ3v) is 2.98. The van der Waals surface area contributed by atoms with E-state index in [0.29, 0.717) is 5.92 Å². The van der Waals surface area contributed by atoms with E-state index in [0.717, 1.165) is 12.8 Å². The Balaban J connectivity index is 2.30. The van der Waals surface area contributed by atoms with Crippen molar-refractivity contribution in [2.24, 2.45) is 17.4 Å². The molecule has 2 amide bonds. The predicted molar refractivity (Wildman–Crippen MR) is 56.7 cm³/mol. The van der Waals surface area contributed by atoms with Crippen LogP contribution < -0.4 is 16.8 Å². The zero-order valence-corrected chi connectivity index (χ0v) is 9.03. The summed E-state index contributed by atoms with van der Waals surface area (Å²) < 4.78 is 0. The molecule has 2 atom stereocenters. The summed E-state index contributed by atoms with van der Waals surface area (Å²) in [6.07, 6.45) is 3.46. The number of rotatable bonds is 5. The largest absolute Gasteiger partial charge is 0.370 e. The third-order valence-electron chi connectivity index (χ3n) is 2.98. The minimum absolute atomic E-state index is 0.0940. The Kier molecular flexibility index (Phi) is 4.08. The van der Waals surface area contributed by atoms with Crippen LogP contribution in [0.2, 0.25) is 0 Å². The van der Waals surface area contributed by atoms with Gasteiger partial charge in [-0.3, -0.25) is 9.59 Å². The Bertz CT molecular complexity index is 251. The first-order valence-corrected chi connectivity index (χ1v) is 5.35. The molecular weight excluding hydrogens is 194 g/mol. The van der Waals surface area contributed by atoms with Crippen LogP contribution in [0.25, 0.3) is 0 Å². The maximum Gasteiger partial charge on any atom is 0.237 e. The van der Waals surface area contributed by atoms with Crippen molar-refractivity contribution in [3.8, 4) is 0 Å². The lowest BCUT2D eigenvalue weighted by Gasteiger charge is -2.32. The summed E-state index contributed by atoms with van der Waals surface area (Å²) in [6.45, 7) is 1.97. The van der Waals surface area contributed by atoms with Crippen molar-refractivity contribution >= 4 is 11.8 Å². The fourth-order valence-corrected chi connectivity index (χ4v) is 1.70. The number of primary amides is 1. The minimum Gasteiger partial charge on any atom is -0.370 e. The molecule has 1 rings (SSSR count). The van der Waals surface area contributed by atoms with E-state index in [1.807, 2.05) is 6.92 Å². The summed E-state index contributed by atoms with van der Waals surface area (Å²) in [5, 5.41) is 2.82. The van der Waals surface area contributed by atoms with Gasteiger partial charge in [-0.1, -0.05) is 6.42 Å². The van der Waals surface area contributed by atoms with Crippen molar-refractivity contribution in [2.45, 2.75) is 44.7 Å². The van der Waals surface area contributed by atoms with E-state index in [2.05, 4.69) is 5.32 Å². The molecule has 86 valence electrons. The molecule has 0 spiro atoms. The van der Waals surface area contributed by atoms with E-state index in [9.17, 15) is 9.59 Å². The number of carbonyl (C=O) groups is 2. The van der Waals surface area contributed by atoms with E-state index in [1.54, 1.807) is 0 Å². The van der Waals surface area contributed by atoms with Crippen molar-refractivity contribution in [1.82, 2.24) is 5.32 Å². The normalized spacial score (nSPS) is 20.1. The van der Waals surface area contributed by atoms with Gasteiger partial charge in [0.2, 0.25) is 11.8 Å². The number of amides is 2. The zero-order valence-electron chi connectivity index (χ0n) is 9.03. The van der Waals surface area contributed by atoms with Gasteiger partial charge in [-0.2, -0.15) is 0 Å². The Hall–Kier alpha value is -1.10. The first kappa shape index (κ1) is 12.0. The highest BCUT2D eigenvalue weighted by molar-refractivity contribution is 5.87. The molecule has 5 heteroatoms. The molecule has 5 nitrogen and oxygen atoms in total. The summed E-state index contributed by atoms with van der Waals surface area (Å²) in [5.41, 5.74) is 10.5. The monoisotopic (exact) mass is 213 g/mol. The van der Waals surface area contributed by atoms with Gasteiger partial charge in [-0.05, 0) is 25.7 Å². The molecule has 2 unspecified atom stereocenters. The summed E-state index contributed by atoms with van der Waals surface area (Å²) in [7, 11) is 0. The smallest absolute Gasteiger partial charge is 0.237 e. The number of hydrogen-bond donors (Lipinski definition) is 3. The first-order valence-electron chi connectivity index (χ1n) is 5.35. The third kappa shape index (κ3) is 3.51. The quantitative estimate of drug-likeness (QED) is 0.574. The molecule has 0 radical (unpaired) electrons. The Morgan fingerprint density at radius 3 is 2.47 bits per heavy atom. The second kappa shape index (κ2) is 5.11. The predicted octanol–water partition coefficient (Wildman–Crippen LogP) is -0.506. The molecule has 1 saturated carbocycles. The van der Waals surface area contributed by atoms with Crippen LogP contribution in [0.15, 0.2) is 0 Å². The molecular formula is C10H19N3O2. The van der Waals surface area contributed by atoms with Gasteiger partial charge < -0.3 is 16.8 Å². The fraction of sp³-hybridized carbons (Fsp3) is 0.800. The second-order valence-corrected chi connectivity index (χ2v) is 4.27. The van der Waals surface area contributed by atoms with Gasteiger partial charge in [-0.15, -0.1) is 0 Å². The highest BCUT2D eigenvalue weighted by atomic mass is 16.2. The lowest BCUT2D eigenvalue weighted by molar-refractivity contribution is -0.127. The van der Waals surface area contributed by atoms with Crippen LogP contribution in [0.3, 0.4) is 0 Å². The average Bonchev–Trinajstić information content (AvgIpc) is 1.98. The number of nitrogens with one attached hydrogen (secondary N) is 1. The molecule has 0 aliphatic heterocycles. The topological polar surface area (TPSA) is 98.2 Å². The van der Waals surface area contributed by atoms with E-state index in [-0.39, 0.29) is 18.4 Å². The lowest BCUT2D eigenvalue weighted by Crippen LogP contribution is -2.49. The van der Waals surface area contributed by atoms with Crippen molar-refractivity contribution in [2.75, 3.05) is 0 Å². The maximum absolute atomic E-state index is 11.5. The van der Waals surface area contributed by atoms with Crippen molar-refractivity contribution in [1.29, 1.82) is 0 Å². The van der Waals surface area contributed by atoms with Gasteiger partial charge in [0.25, 0.3) is 0 Å². The Morgan fingerprint density at radius 1 is 1.47 bits per heavy atom. The van der Waals surface area contributed by atoms with Crippen LogP contribution in [-0.2, 0) is 9.59 Å². The maximum atomic E-state index is 11.5. The average molecular weight is 213 g/mol. The van der Waals surface area contributed by atoms with Crippen LogP contribution >= 0.6 is 0 Å². The van der Waals surface area contributed by atoms with Gasteiger partial charge in [0.05, 0.1) is 12.5 Å². The molecule has 0 heterocycles. The lowest BCUT2D eigenvalue weighted by atomic mass is 9.80. The molecule has 15 heavy (non-hydrogen) atoms. The molecule has 5 N–H and O–H groups in total. The standard InChI is InChI=1S/C10H19N3O2/c1-6(7-3-2-4-7)13-10(15)8(11)5-9(12)14/h6-8H,2-5,11H2,1H3,(H2,12,14)(H,13,15). The van der Waals surface area contributed by atoms with Crippen LogP contribution in [0.4, 0.5) is 0 Å². The summed E-state index contributed by atoms with van der Waals surface area (Å²) in [6, 6.07) is -0.671. The van der Waals surface area contributed by atoms with Crippen LogP contribution in [0.1, 0.15) is 32.6 Å². The first-order chi connectivity index (χ1) is 7.00. The van der Waals surface area contributed by atoms with E-state index in [1.165, 1.54) is 6.42 Å². The van der Waals surface area contributed by atoms with Crippen molar-refractivity contribution in [3.63, 3.8) is 0 Å². The van der Waals surface area contributed by atoms with E-state index >= 15 is 0 Å². The Morgan fingerprint density at radius 2 is 2.07 bits per heavy atom. The van der Waals surface area contributed by atoms with Gasteiger partial charge >= 0.3 is 0 Å². The summed E-state index contributed by atoms with van der Waals surface area (Å²) in [5.74, 6) is -0.267. The Labute approximate surface area is 89.6 Å². The summed E-state index contributed by atoms with van der Waals surface area (Å²) in [4.78, 5) is 22.1.